The molecule has 0 amide bonds. The van der Waals surface area contributed by atoms with Gasteiger partial charge in [0.05, 0.1) is 0 Å². The topological polar surface area (TPSA) is 0 Å². The average molecular weight is 154 g/mol. The number of rotatable bonds is 6. The molecule has 0 bridgehead atoms. The highest BCUT2D eigenvalue weighted by atomic mass is 14.0. The highest BCUT2D eigenvalue weighted by Crippen LogP contribution is 2.12. The van der Waals surface area contributed by atoms with Gasteiger partial charge in [0.25, 0.3) is 0 Å². The van der Waals surface area contributed by atoms with E-state index in [0.717, 1.165) is 5.92 Å². The number of unbranched alkanes of at least 4 members (excludes halogenated alkanes) is 1. The van der Waals surface area contributed by atoms with Gasteiger partial charge in [-0.2, -0.15) is 0 Å². The van der Waals surface area contributed by atoms with Crippen molar-refractivity contribution in [3.8, 4) is 0 Å². The lowest BCUT2D eigenvalue weighted by Gasteiger charge is -2.06. The molecule has 1 unspecified atom stereocenters. The molecular formula is C11H22. The Morgan fingerprint density at radius 2 is 1.82 bits per heavy atom. The van der Waals surface area contributed by atoms with E-state index in [-0.39, 0.29) is 0 Å². The van der Waals surface area contributed by atoms with Crippen molar-refractivity contribution in [2.24, 2.45) is 5.92 Å². The monoisotopic (exact) mass is 154 g/mol. The number of allylic oxidation sites excluding steroid dienone is 2. The van der Waals surface area contributed by atoms with E-state index >= 15 is 0 Å². The Hall–Kier alpha value is -0.260. The molecule has 0 fully saturated rings. The van der Waals surface area contributed by atoms with Gasteiger partial charge in [-0.25, -0.2) is 0 Å². The fraction of sp³-hybridized carbons (Fsp3) is 0.818. The van der Waals surface area contributed by atoms with Gasteiger partial charge in [-0.3, -0.25) is 0 Å². The van der Waals surface area contributed by atoms with Crippen LogP contribution in [0.2, 0.25) is 0 Å². The van der Waals surface area contributed by atoms with Gasteiger partial charge in [0.15, 0.2) is 0 Å². The molecule has 66 valence electrons. The molecule has 0 aromatic heterocycles. The van der Waals surface area contributed by atoms with Gasteiger partial charge in [0.1, 0.15) is 0 Å². The van der Waals surface area contributed by atoms with Crippen LogP contribution in [-0.2, 0) is 0 Å². The zero-order valence-electron chi connectivity index (χ0n) is 8.27. The van der Waals surface area contributed by atoms with E-state index < -0.39 is 0 Å². The first-order valence-electron chi connectivity index (χ1n) is 5.01. The number of hydrogen-bond acceptors (Lipinski definition) is 0. The summed E-state index contributed by atoms with van der Waals surface area (Å²) in [4.78, 5) is 0. The van der Waals surface area contributed by atoms with Crippen LogP contribution in [0.3, 0.4) is 0 Å². The maximum Gasteiger partial charge on any atom is -0.0236 e. The lowest BCUT2D eigenvalue weighted by Crippen LogP contribution is -1.92. The minimum absolute atomic E-state index is 0.839. The van der Waals surface area contributed by atoms with Crippen molar-refractivity contribution < 1.29 is 0 Å². The van der Waals surface area contributed by atoms with Crippen LogP contribution in [0.5, 0.6) is 0 Å². The van der Waals surface area contributed by atoms with Crippen molar-refractivity contribution in [2.75, 3.05) is 0 Å². The molecule has 0 saturated carbocycles. The van der Waals surface area contributed by atoms with Crippen molar-refractivity contribution in [1.29, 1.82) is 0 Å². The van der Waals surface area contributed by atoms with Crippen molar-refractivity contribution in [2.45, 2.75) is 52.9 Å². The molecule has 0 aliphatic rings. The second kappa shape index (κ2) is 7.84. The normalized spacial score (nSPS) is 14.1. The number of hydrogen-bond donors (Lipinski definition) is 0. The Labute approximate surface area is 71.7 Å². The smallest absolute Gasteiger partial charge is 0.0236 e. The molecule has 0 radical (unpaired) electrons. The third-order valence-electron chi connectivity index (χ3n) is 2.05. The molecule has 0 heterocycles. The molecule has 0 saturated heterocycles. The van der Waals surface area contributed by atoms with Crippen LogP contribution in [0.15, 0.2) is 12.2 Å². The first kappa shape index (κ1) is 10.7. The van der Waals surface area contributed by atoms with Gasteiger partial charge < -0.3 is 0 Å². The Morgan fingerprint density at radius 3 is 2.27 bits per heavy atom. The van der Waals surface area contributed by atoms with Gasteiger partial charge in [-0.1, -0.05) is 45.8 Å². The molecule has 0 nitrogen and oxygen atoms in total. The summed E-state index contributed by atoms with van der Waals surface area (Å²) in [7, 11) is 0. The van der Waals surface area contributed by atoms with Crippen LogP contribution >= 0.6 is 0 Å². The van der Waals surface area contributed by atoms with Gasteiger partial charge >= 0.3 is 0 Å². The lowest BCUT2D eigenvalue weighted by molar-refractivity contribution is 0.561. The third-order valence-corrected chi connectivity index (χ3v) is 2.05. The van der Waals surface area contributed by atoms with Crippen molar-refractivity contribution in [3.05, 3.63) is 12.2 Å². The van der Waals surface area contributed by atoms with Crippen LogP contribution in [0, 0.1) is 5.92 Å². The molecule has 0 aliphatic carbocycles. The van der Waals surface area contributed by atoms with Crippen LogP contribution in [0.25, 0.3) is 0 Å². The first-order chi connectivity index (χ1) is 5.35. The van der Waals surface area contributed by atoms with E-state index in [1.807, 2.05) is 0 Å². The van der Waals surface area contributed by atoms with Gasteiger partial charge in [-0.15, -0.1) is 0 Å². The van der Waals surface area contributed by atoms with Crippen LogP contribution in [-0.4, -0.2) is 0 Å². The second-order valence-electron chi connectivity index (χ2n) is 3.17. The summed E-state index contributed by atoms with van der Waals surface area (Å²) in [6.45, 7) is 6.76. The minimum Gasteiger partial charge on any atom is -0.0883 e. The predicted molar refractivity (Wildman–Crippen MR) is 52.7 cm³/mol. The molecule has 0 aromatic carbocycles. The zero-order chi connectivity index (χ0) is 8.53. The maximum atomic E-state index is 2.40. The molecule has 1 atom stereocenters. The third kappa shape index (κ3) is 6.15. The van der Waals surface area contributed by atoms with Crippen LogP contribution in [0.1, 0.15) is 52.9 Å². The Balaban J connectivity index is 3.49. The molecule has 0 rings (SSSR count). The average Bonchev–Trinajstić information content (AvgIpc) is 2.03. The van der Waals surface area contributed by atoms with E-state index in [0.29, 0.717) is 0 Å². The van der Waals surface area contributed by atoms with Crippen LogP contribution < -0.4 is 0 Å². The highest BCUT2D eigenvalue weighted by Gasteiger charge is 1.97. The van der Waals surface area contributed by atoms with Gasteiger partial charge in [0.2, 0.25) is 0 Å². The summed E-state index contributed by atoms with van der Waals surface area (Å²) in [6.07, 6.45) is 11.2. The van der Waals surface area contributed by atoms with E-state index in [4.69, 9.17) is 0 Å². The highest BCUT2D eigenvalue weighted by molar-refractivity contribution is 4.87. The van der Waals surface area contributed by atoms with Crippen molar-refractivity contribution in [3.63, 3.8) is 0 Å². The lowest BCUT2D eigenvalue weighted by atomic mass is 10.00. The fourth-order valence-electron chi connectivity index (χ4n) is 1.26. The van der Waals surface area contributed by atoms with E-state index in [9.17, 15) is 0 Å². The molecule has 11 heavy (non-hydrogen) atoms. The van der Waals surface area contributed by atoms with E-state index in [1.165, 1.54) is 32.1 Å². The quantitative estimate of drug-likeness (QED) is 0.504. The fourth-order valence-corrected chi connectivity index (χ4v) is 1.26. The summed E-state index contributed by atoms with van der Waals surface area (Å²) in [5.74, 6) is 0.839. The SMILES string of the molecule is CCC/C=C\C(CC)CCC. The Bertz CT molecular complexity index is 92.2. The predicted octanol–water partition coefficient (Wildman–Crippen LogP) is 4.17. The summed E-state index contributed by atoms with van der Waals surface area (Å²) in [5.41, 5.74) is 0. The van der Waals surface area contributed by atoms with Crippen molar-refractivity contribution >= 4 is 0 Å². The van der Waals surface area contributed by atoms with E-state index in [2.05, 4.69) is 32.9 Å². The first-order valence-corrected chi connectivity index (χ1v) is 5.01. The Morgan fingerprint density at radius 1 is 1.09 bits per heavy atom. The van der Waals surface area contributed by atoms with Crippen LogP contribution in [0.4, 0.5) is 0 Å². The summed E-state index contributed by atoms with van der Waals surface area (Å²) >= 11 is 0. The molecule has 0 aliphatic heterocycles. The van der Waals surface area contributed by atoms with Crippen molar-refractivity contribution in [1.82, 2.24) is 0 Å². The van der Waals surface area contributed by atoms with E-state index in [1.54, 1.807) is 0 Å². The molecule has 0 spiro atoms. The summed E-state index contributed by atoms with van der Waals surface area (Å²) < 4.78 is 0. The molecule has 0 N–H and O–H groups in total. The standard InChI is InChI=1S/C11H22/c1-4-7-8-10-11(6-3)9-5-2/h8,10-11H,4-7,9H2,1-3H3/b10-8-. The van der Waals surface area contributed by atoms with Gasteiger partial charge in [0, 0.05) is 0 Å². The van der Waals surface area contributed by atoms with Gasteiger partial charge in [-0.05, 0) is 25.2 Å². The zero-order valence-corrected chi connectivity index (χ0v) is 8.27. The molecule has 0 heteroatoms. The molecular weight excluding hydrogens is 132 g/mol. The Kier molecular flexibility index (Phi) is 7.66. The molecule has 0 aromatic rings. The second-order valence-corrected chi connectivity index (χ2v) is 3.17. The largest absolute Gasteiger partial charge is 0.0883 e. The summed E-state index contributed by atoms with van der Waals surface area (Å²) in [5, 5.41) is 0. The maximum absolute atomic E-state index is 2.40. The minimum atomic E-state index is 0.839. The summed E-state index contributed by atoms with van der Waals surface area (Å²) in [6, 6.07) is 0.